The van der Waals surface area contributed by atoms with E-state index in [2.05, 4.69) is 61.0 Å². The van der Waals surface area contributed by atoms with Gasteiger partial charge in [0.2, 0.25) is 0 Å². The van der Waals surface area contributed by atoms with Crippen LogP contribution in [0, 0.1) is 29.6 Å². The van der Waals surface area contributed by atoms with E-state index in [-0.39, 0.29) is 0 Å². The van der Waals surface area contributed by atoms with Gasteiger partial charge in [-0.1, -0.05) is 150 Å². The number of aliphatic carboxylic acids is 2. The molecule has 49 heavy (non-hydrogen) atoms. The van der Waals surface area contributed by atoms with E-state index in [0.29, 0.717) is 17.9 Å². The molecule has 2 N–H and O–H groups in total. The lowest BCUT2D eigenvalue weighted by molar-refractivity contribution is -0.137. The van der Waals surface area contributed by atoms with Crippen molar-refractivity contribution < 1.29 is 19.8 Å². The number of carbonyl (C=O) groups is 2. The van der Waals surface area contributed by atoms with Gasteiger partial charge in [-0.2, -0.15) is 0 Å². The molecule has 0 saturated heterocycles. The zero-order chi connectivity index (χ0) is 35.2. The molecule has 0 aliphatic heterocycles. The van der Waals surface area contributed by atoms with Gasteiger partial charge < -0.3 is 10.2 Å². The van der Waals surface area contributed by atoms with Crippen molar-refractivity contribution in [3.63, 3.8) is 0 Å². The Kier molecular flexibility index (Phi) is 24.1. The maximum absolute atomic E-state index is 11.5. The van der Waals surface area contributed by atoms with Crippen molar-refractivity contribution in [2.75, 3.05) is 0 Å². The molecule has 0 atom stereocenters. The average Bonchev–Trinajstić information content (AvgIpc) is 3.11. The first-order valence-electron chi connectivity index (χ1n) is 19.5. The highest BCUT2D eigenvalue weighted by Gasteiger charge is 2.16. The molecule has 6 rings (SSSR count). The second kappa shape index (κ2) is 28.3. The largest absolute Gasteiger partial charge is 0.481 e. The zero-order valence-electron chi connectivity index (χ0n) is 30.6. The monoisotopic (exact) mass is 668 g/mol. The number of hydrogen-bond donors (Lipinski definition) is 2. The highest BCUT2D eigenvalue weighted by molar-refractivity contribution is 5.92. The first-order valence-corrected chi connectivity index (χ1v) is 19.5. The van der Waals surface area contributed by atoms with E-state index < -0.39 is 11.9 Å². The summed E-state index contributed by atoms with van der Waals surface area (Å²) in [6.07, 6.45) is 45.4. The summed E-state index contributed by atoms with van der Waals surface area (Å²) in [4.78, 5) is 21.8. The minimum atomic E-state index is -0.836. The van der Waals surface area contributed by atoms with E-state index in [1.165, 1.54) is 108 Å². The smallest absolute Gasteiger partial charge is 0.335 e. The van der Waals surface area contributed by atoms with Crippen LogP contribution in [0.1, 0.15) is 167 Å². The Bertz CT molecular complexity index is 1270. The van der Waals surface area contributed by atoms with Crippen LogP contribution in [0.15, 0.2) is 70.9 Å². The van der Waals surface area contributed by atoms with Crippen molar-refractivity contribution in [1.29, 1.82) is 0 Å². The summed E-state index contributed by atoms with van der Waals surface area (Å²) in [5.41, 5.74) is 3.97. The molecule has 6 aliphatic rings. The SMILES string of the molecule is CCCCCCCCCCCCC#CC#CCCCCCCCCC(=O)O.O=C(O)C1=C2C=CC=CC3CCC(=CC=CC(=C1)CC2)CC3. The second-order valence-electron chi connectivity index (χ2n) is 13.8. The van der Waals surface area contributed by atoms with Gasteiger partial charge >= 0.3 is 11.9 Å². The van der Waals surface area contributed by atoms with Crippen molar-refractivity contribution >= 4 is 11.9 Å². The molecule has 0 aromatic rings. The summed E-state index contributed by atoms with van der Waals surface area (Å²) < 4.78 is 0. The van der Waals surface area contributed by atoms with Gasteiger partial charge in [-0.05, 0) is 92.8 Å². The van der Waals surface area contributed by atoms with Crippen molar-refractivity contribution in [2.24, 2.45) is 5.92 Å². The number of rotatable bonds is 19. The number of carboxylic acid groups (broad SMARTS) is 2. The molecule has 4 heteroatoms. The molecule has 6 aliphatic carbocycles. The standard InChI is InChI=1S/C25H42O2.C20H22O2/c1-2-3-4-5-6-7-8-9-10-11-12-13-14-15-16-17-18-19-20-21-22-23-24-25(26)27;21-20(22)19-14-17-6-3-5-16-10-8-15(9-11-16)4-1-2-7-18(19)13-12-17/h2-12,17-24H2,1H3,(H,26,27);1-7,14-15H,8-13H2,(H,21,22). The second-order valence-corrected chi connectivity index (χ2v) is 13.8. The van der Waals surface area contributed by atoms with Crippen LogP contribution < -0.4 is 0 Å². The number of carboxylic acids is 2. The summed E-state index contributed by atoms with van der Waals surface area (Å²) in [5.74, 6) is 11.4. The van der Waals surface area contributed by atoms with Crippen LogP contribution in [-0.4, -0.2) is 22.2 Å². The molecule has 0 radical (unpaired) electrons. The Labute approximate surface area is 299 Å². The number of unbranched alkanes of at least 4 members (excludes halogenated alkanes) is 16. The van der Waals surface area contributed by atoms with E-state index >= 15 is 0 Å². The summed E-state index contributed by atoms with van der Waals surface area (Å²) in [5, 5.41) is 18.0. The molecule has 0 aromatic heterocycles. The molecule has 0 unspecified atom stereocenters. The first kappa shape index (κ1) is 41.7. The molecule has 1 saturated carbocycles. The third-order valence-corrected chi connectivity index (χ3v) is 9.53. The summed E-state index contributed by atoms with van der Waals surface area (Å²) in [7, 11) is 0. The fourth-order valence-electron chi connectivity index (χ4n) is 6.45. The summed E-state index contributed by atoms with van der Waals surface area (Å²) in [6, 6.07) is 0. The van der Waals surface area contributed by atoms with E-state index in [4.69, 9.17) is 5.11 Å². The molecule has 1 fully saturated rings. The minimum Gasteiger partial charge on any atom is -0.481 e. The third-order valence-electron chi connectivity index (χ3n) is 9.53. The number of allylic oxidation sites excluding steroid dienone is 10. The third kappa shape index (κ3) is 22.0. The van der Waals surface area contributed by atoms with Crippen LogP contribution in [0.2, 0.25) is 0 Å². The Morgan fingerprint density at radius 1 is 0.673 bits per heavy atom. The van der Waals surface area contributed by atoms with E-state index in [1.54, 1.807) is 0 Å². The minimum absolute atomic E-state index is 0.309. The maximum atomic E-state index is 11.5. The quantitative estimate of drug-likeness (QED) is 0.106. The van der Waals surface area contributed by atoms with Gasteiger partial charge in [-0.25, -0.2) is 4.79 Å². The van der Waals surface area contributed by atoms with E-state index in [9.17, 15) is 14.7 Å². The zero-order valence-corrected chi connectivity index (χ0v) is 30.6. The predicted molar refractivity (Wildman–Crippen MR) is 206 cm³/mol. The van der Waals surface area contributed by atoms with Gasteiger partial charge in [0.05, 0.1) is 5.57 Å². The normalized spacial score (nSPS) is 16.6. The van der Waals surface area contributed by atoms with Gasteiger partial charge in [0, 0.05) is 19.3 Å². The van der Waals surface area contributed by atoms with E-state index in [1.807, 2.05) is 18.2 Å². The Morgan fingerprint density at radius 2 is 1.24 bits per heavy atom. The lowest BCUT2D eigenvalue weighted by Gasteiger charge is -2.20. The highest BCUT2D eigenvalue weighted by Crippen LogP contribution is 2.30. The number of hydrogen-bond acceptors (Lipinski definition) is 2. The van der Waals surface area contributed by atoms with Crippen LogP contribution >= 0.6 is 0 Å². The van der Waals surface area contributed by atoms with Gasteiger partial charge in [-0.3, -0.25) is 4.79 Å². The molecule has 0 spiro atoms. The van der Waals surface area contributed by atoms with Crippen molar-refractivity contribution in [1.82, 2.24) is 0 Å². The molecule has 268 valence electrons. The van der Waals surface area contributed by atoms with Gasteiger partial charge in [-0.15, -0.1) is 0 Å². The summed E-state index contributed by atoms with van der Waals surface area (Å²) in [6.45, 7) is 2.27. The van der Waals surface area contributed by atoms with Crippen LogP contribution in [0.5, 0.6) is 0 Å². The fraction of sp³-hybridized carbons (Fsp3) is 0.600. The molecule has 4 nitrogen and oxygen atoms in total. The molecular formula is C45H64O4. The van der Waals surface area contributed by atoms with Gasteiger partial charge in [0.25, 0.3) is 0 Å². The Hall–Kier alpha value is -3.50. The van der Waals surface area contributed by atoms with Crippen LogP contribution in [-0.2, 0) is 9.59 Å². The first-order chi connectivity index (χ1) is 24.0. The highest BCUT2D eigenvalue weighted by atomic mass is 16.4. The predicted octanol–water partition coefficient (Wildman–Crippen LogP) is 12.4. The lowest BCUT2D eigenvalue weighted by Crippen LogP contribution is -2.06. The molecule has 4 bridgehead atoms. The van der Waals surface area contributed by atoms with Gasteiger partial charge in [0.1, 0.15) is 0 Å². The van der Waals surface area contributed by atoms with Crippen molar-refractivity contribution in [3.8, 4) is 23.7 Å². The van der Waals surface area contributed by atoms with Crippen LogP contribution in [0.3, 0.4) is 0 Å². The molecular weight excluding hydrogens is 604 g/mol. The molecule has 0 amide bonds. The topological polar surface area (TPSA) is 74.6 Å². The molecule has 0 heterocycles. The van der Waals surface area contributed by atoms with Crippen LogP contribution in [0.4, 0.5) is 0 Å². The Morgan fingerprint density at radius 3 is 1.82 bits per heavy atom. The van der Waals surface area contributed by atoms with E-state index in [0.717, 1.165) is 62.5 Å². The summed E-state index contributed by atoms with van der Waals surface area (Å²) >= 11 is 0. The maximum Gasteiger partial charge on any atom is 0.335 e. The van der Waals surface area contributed by atoms with Crippen LogP contribution in [0.25, 0.3) is 0 Å². The lowest BCUT2D eigenvalue weighted by atomic mass is 9.85. The Balaban J connectivity index is 0.000000345. The fourth-order valence-corrected chi connectivity index (χ4v) is 6.45. The molecule has 0 aromatic carbocycles. The van der Waals surface area contributed by atoms with Crippen molar-refractivity contribution in [2.45, 2.75) is 167 Å². The van der Waals surface area contributed by atoms with Crippen molar-refractivity contribution in [3.05, 3.63) is 70.9 Å². The average molecular weight is 669 g/mol. The van der Waals surface area contributed by atoms with Gasteiger partial charge in [0.15, 0.2) is 0 Å².